The Kier molecular flexibility index (Phi) is 5.65. The average Bonchev–Trinajstić information content (AvgIpc) is 3.07. The first-order valence-corrected chi connectivity index (χ1v) is 8.46. The van der Waals surface area contributed by atoms with Crippen LogP contribution in [-0.2, 0) is 7.05 Å². The lowest BCUT2D eigenvalue weighted by atomic mass is 10.2. The molecular formula is C17H23ClN8. The van der Waals surface area contributed by atoms with Crippen molar-refractivity contribution in [2.45, 2.75) is 6.04 Å². The molecule has 0 amide bonds. The van der Waals surface area contributed by atoms with Gasteiger partial charge in [-0.25, -0.2) is 9.97 Å². The van der Waals surface area contributed by atoms with E-state index in [0.29, 0.717) is 6.04 Å². The standard InChI is InChI=1S/C17H22N8.ClH/c1-24-6-5-18-9-13(24)10-21-17-16-15(19-3-4-20-16)7-14(23-17)12-8-22-25(2)11-12;/h3-4,7-8,11,13,18H,5-6,9-10H2,1-2H3,(H,21,23);1H/t13-;/m0./s1. The van der Waals surface area contributed by atoms with Crippen molar-refractivity contribution in [3.8, 4) is 11.3 Å². The van der Waals surface area contributed by atoms with Crippen LogP contribution >= 0.6 is 12.4 Å². The third-order valence-corrected chi connectivity index (χ3v) is 4.61. The Balaban J connectivity index is 0.00000196. The second-order valence-electron chi connectivity index (χ2n) is 6.40. The number of likely N-dealkylation sites (N-methyl/N-ethyl adjacent to an activating group) is 1. The van der Waals surface area contributed by atoms with Crippen LogP contribution < -0.4 is 10.6 Å². The Morgan fingerprint density at radius 3 is 2.88 bits per heavy atom. The fourth-order valence-corrected chi connectivity index (χ4v) is 3.10. The highest BCUT2D eigenvalue weighted by Gasteiger charge is 2.19. The third kappa shape index (κ3) is 3.77. The van der Waals surface area contributed by atoms with E-state index in [1.807, 2.05) is 25.5 Å². The van der Waals surface area contributed by atoms with Crippen molar-refractivity contribution in [1.82, 2.24) is 34.9 Å². The molecule has 1 aliphatic heterocycles. The minimum absolute atomic E-state index is 0. The summed E-state index contributed by atoms with van der Waals surface area (Å²) in [6.07, 6.45) is 7.17. The van der Waals surface area contributed by atoms with Crippen molar-refractivity contribution in [3.63, 3.8) is 0 Å². The van der Waals surface area contributed by atoms with Crippen LogP contribution in [0.15, 0.2) is 30.9 Å². The van der Waals surface area contributed by atoms with Crippen molar-refractivity contribution in [2.75, 3.05) is 38.5 Å². The number of hydrogen-bond donors (Lipinski definition) is 2. The molecule has 3 aromatic heterocycles. The second kappa shape index (κ2) is 7.94. The summed E-state index contributed by atoms with van der Waals surface area (Å²) in [4.78, 5) is 16.1. The van der Waals surface area contributed by atoms with Crippen molar-refractivity contribution in [3.05, 3.63) is 30.9 Å². The maximum atomic E-state index is 4.79. The van der Waals surface area contributed by atoms with Gasteiger partial charge in [-0.3, -0.25) is 14.6 Å². The van der Waals surface area contributed by atoms with Gasteiger partial charge in [0.2, 0.25) is 0 Å². The number of pyridine rings is 1. The molecule has 26 heavy (non-hydrogen) atoms. The van der Waals surface area contributed by atoms with Gasteiger partial charge in [-0.2, -0.15) is 5.10 Å². The molecule has 0 unspecified atom stereocenters. The normalized spacial score (nSPS) is 17.8. The molecule has 9 heteroatoms. The molecule has 1 atom stereocenters. The summed E-state index contributed by atoms with van der Waals surface area (Å²) in [5.41, 5.74) is 3.43. The van der Waals surface area contributed by atoms with Crippen LogP contribution in [0.5, 0.6) is 0 Å². The van der Waals surface area contributed by atoms with Crippen molar-refractivity contribution < 1.29 is 0 Å². The molecule has 0 spiro atoms. The van der Waals surface area contributed by atoms with Gasteiger partial charge < -0.3 is 10.6 Å². The topological polar surface area (TPSA) is 83.8 Å². The summed E-state index contributed by atoms with van der Waals surface area (Å²) in [7, 11) is 4.06. The number of nitrogens with one attached hydrogen (secondary N) is 2. The zero-order chi connectivity index (χ0) is 17.2. The first-order valence-electron chi connectivity index (χ1n) is 8.46. The predicted molar refractivity (Wildman–Crippen MR) is 105 cm³/mol. The number of nitrogens with zero attached hydrogens (tertiary/aromatic N) is 6. The Labute approximate surface area is 158 Å². The molecular weight excluding hydrogens is 352 g/mol. The summed E-state index contributed by atoms with van der Waals surface area (Å²) in [5.74, 6) is 0.767. The quantitative estimate of drug-likeness (QED) is 0.709. The molecule has 8 nitrogen and oxygen atoms in total. The minimum atomic E-state index is 0. The van der Waals surface area contributed by atoms with Crippen LogP contribution in [0.25, 0.3) is 22.3 Å². The van der Waals surface area contributed by atoms with Crippen LogP contribution in [0, 0.1) is 0 Å². The Morgan fingerprint density at radius 2 is 2.12 bits per heavy atom. The average molecular weight is 375 g/mol. The largest absolute Gasteiger partial charge is 0.367 e. The number of rotatable bonds is 4. The zero-order valence-electron chi connectivity index (χ0n) is 14.9. The molecule has 138 valence electrons. The molecule has 0 bridgehead atoms. The van der Waals surface area contributed by atoms with Gasteiger partial charge in [0, 0.05) is 63.4 Å². The van der Waals surface area contributed by atoms with E-state index in [2.05, 4.69) is 37.6 Å². The maximum absolute atomic E-state index is 4.79. The van der Waals surface area contributed by atoms with E-state index in [-0.39, 0.29) is 12.4 Å². The molecule has 4 rings (SSSR count). The fourth-order valence-electron chi connectivity index (χ4n) is 3.10. The van der Waals surface area contributed by atoms with Crippen LogP contribution in [0.3, 0.4) is 0 Å². The highest BCUT2D eigenvalue weighted by Crippen LogP contribution is 2.25. The molecule has 4 heterocycles. The Hall–Kier alpha value is -2.29. The van der Waals surface area contributed by atoms with Gasteiger partial charge in [-0.15, -0.1) is 12.4 Å². The zero-order valence-corrected chi connectivity index (χ0v) is 15.7. The number of aryl methyl sites for hydroxylation is 1. The molecule has 0 saturated carbocycles. The van der Waals surface area contributed by atoms with E-state index in [1.165, 1.54) is 0 Å². The van der Waals surface area contributed by atoms with Crippen molar-refractivity contribution >= 4 is 29.3 Å². The minimum Gasteiger partial charge on any atom is -0.367 e. The maximum Gasteiger partial charge on any atom is 0.154 e. The van der Waals surface area contributed by atoms with Crippen LogP contribution in [0.4, 0.5) is 5.82 Å². The molecule has 1 aliphatic rings. The molecule has 0 aliphatic carbocycles. The first-order chi connectivity index (χ1) is 12.2. The monoisotopic (exact) mass is 374 g/mol. The smallest absolute Gasteiger partial charge is 0.154 e. The molecule has 1 saturated heterocycles. The van der Waals surface area contributed by atoms with Gasteiger partial charge in [0.15, 0.2) is 5.82 Å². The summed E-state index contributed by atoms with van der Waals surface area (Å²) < 4.78 is 1.77. The van der Waals surface area contributed by atoms with Crippen LogP contribution in [0.1, 0.15) is 0 Å². The first kappa shape index (κ1) is 18.5. The number of fused-ring (bicyclic) bond motifs is 1. The highest BCUT2D eigenvalue weighted by atomic mass is 35.5. The van der Waals surface area contributed by atoms with E-state index in [9.17, 15) is 0 Å². The molecule has 1 fully saturated rings. The van der Waals surface area contributed by atoms with Crippen LogP contribution in [-0.4, -0.2) is 68.9 Å². The lowest BCUT2D eigenvalue weighted by molar-refractivity contribution is 0.209. The summed E-state index contributed by atoms with van der Waals surface area (Å²) in [5, 5.41) is 11.2. The van der Waals surface area contributed by atoms with Gasteiger partial charge >= 0.3 is 0 Å². The lowest BCUT2D eigenvalue weighted by Gasteiger charge is -2.33. The van der Waals surface area contributed by atoms with E-state index < -0.39 is 0 Å². The number of piperazine rings is 1. The number of hydrogen-bond acceptors (Lipinski definition) is 7. The summed E-state index contributed by atoms with van der Waals surface area (Å²) in [6.45, 7) is 3.86. The van der Waals surface area contributed by atoms with Crippen molar-refractivity contribution in [2.24, 2.45) is 7.05 Å². The third-order valence-electron chi connectivity index (χ3n) is 4.61. The summed E-state index contributed by atoms with van der Waals surface area (Å²) in [6, 6.07) is 2.38. The van der Waals surface area contributed by atoms with E-state index in [1.54, 1.807) is 17.1 Å². The van der Waals surface area contributed by atoms with Crippen LogP contribution in [0.2, 0.25) is 0 Å². The molecule has 3 aromatic rings. The molecule has 0 radical (unpaired) electrons. The number of halogens is 1. The van der Waals surface area contributed by atoms with Gasteiger partial charge in [0.25, 0.3) is 0 Å². The van der Waals surface area contributed by atoms with Gasteiger partial charge in [0.1, 0.15) is 5.52 Å². The summed E-state index contributed by atoms with van der Waals surface area (Å²) >= 11 is 0. The predicted octanol–water partition coefficient (Wildman–Crippen LogP) is 1.16. The van der Waals surface area contributed by atoms with Gasteiger partial charge in [-0.05, 0) is 13.1 Å². The van der Waals surface area contributed by atoms with E-state index in [4.69, 9.17) is 4.98 Å². The van der Waals surface area contributed by atoms with Gasteiger partial charge in [0.05, 0.1) is 17.4 Å². The molecule has 0 aromatic carbocycles. The lowest BCUT2D eigenvalue weighted by Crippen LogP contribution is -2.52. The van der Waals surface area contributed by atoms with Gasteiger partial charge in [-0.1, -0.05) is 0 Å². The van der Waals surface area contributed by atoms with E-state index >= 15 is 0 Å². The fraction of sp³-hybridized carbons (Fsp3) is 0.412. The Bertz CT molecular complexity index is 880. The highest BCUT2D eigenvalue weighted by molar-refractivity contribution is 5.88. The number of anilines is 1. The molecule has 2 N–H and O–H groups in total. The Morgan fingerprint density at radius 1 is 1.27 bits per heavy atom. The number of aromatic nitrogens is 5. The van der Waals surface area contributed by atoms with Crippen molar-refractivity contribution in [1.29, 1.82) is 0 Å². The SMILES string of the molecule is CN1CCNC[C@H]1CNc1nc(-c2cnn(C)c2)cc2nccnc12.Cl. The second-order valence-corrected chi connectivity index (χ2v) is 6.40. The van der Waals surface area contributed by atoms with E-state index in [0.717, 1.165) is 54.3 Å².